The Morgan fingerprint density at radius 1 is 1.19 bits per heavy atom. The maximum absolute atomic E-state index is 7.17. The normalized spacial score (nSPS) is 10.1. The van der Waals surface area contributed by atoms with E-state index in [1.54, 1.807) is 12.4 Å². The molecule has 0 aliphatic rings. The first-order chi connectivity index (χ1) is 7.70. The van der Waals surface area contributed by atoms with Crippen LogP contribution in [0.25, 0.3) is 11.3 Å². The van der Waals surface area contributed by atoms with Crippen LogP contribution in [0.4, 0.5) is 0 Å². The second-order valence-corrected chi connectivity index (χ2v) is 3.76. The van der Waals surface area contributed by atoms with E-state index in [0.29, 0.717) is 0 Å². The average Bonchev–Trinajstić information content (AvgIpc) is 2.28. The standard InChI is InChI=1S/C13H13N3/c1-9-5-11(7-14)8-16-13(9)12-3-4-15-10(2)6-12/h3-8,14H,1-2H3. The van der Waals surface area contributed by atoms with Crippen molar-refractivity contribution in [3.63, 3.8) is 0 Å². The van der Waals surface area contributed by atoms with Gasteiger partial charge in [-0.25, -0.2) is 0 Å². The summed E-state index contributed by atoms with van der Waals surface area (Å²) in [5.41, 5.74) is 4.91. The lowest BCUT2D eigenvalue weighted by atomic mass is 10.1. The second kappa shape index (κ2) is 4.23. The van der Waals surface area contributed by atoms with Crippen LogP contribution in [0.3, 0.4) is 0 Å². The van der Waals surface area contributed by atoms with Crippen molar-refractivity contribution in [1.82, 2.24) is 9.97 Å². The van der Waals surface area contributed by atoms with E-state index in [0.717, 1.165) is 28.1 Å². The van der Waals surface area contributed by atoms with Crippen LogP contribution in [0.15, 0.2) is 30.6 Å². The van der Waals surface area contributed by atoms with Gasteiger partial charge in [0, 0.05) is 35.4 Å². The molecular weight excluding hydrogens is 198 g/mol. The number of hydrogen-bond acceptors (Lipinski definition) is 3. The van der Waals surface area contributed by atoms with Crippen molar-refractivity contribution >= 4 is 6.21 Å². The Kier molecular flexibility index (Phi) is 2.77. The van der Waals surface area contributed by atoms with Gasteiger partial charge in [0.15, 0.2) is 0 Å². The monoisotopic (exact) mass is 211 g/mol. The van der Waals surface area contributed by atoms with Crippen LogP contribution < -0.4 is 0 Å². The molecule has 0 atom stereocenters. The van der Waals surface area contributed by atoms with Crippen molar-refractivity contribution < 1.29 is 0 Å². The molecule has 80 valence electrons. The molecule has 0 radical (unpaired) electrons. The largest absolute Gasteiger partial charge is 0.308 e. The van der Waals surface area contributed by atoms with Gasteiger partial charge in [-0.2, -0.15) is 0 Å². The van der Waals surface area contributed by atoms with E-state index < -0.39 is 0 Å². The van der Waals surface area contributed by atoms with Gasteiger partial charge in [-0.1, -0.05) is 0 Å². The van der Waals surface area contributed by atoms with E-state index in [1.807, 2.05) is 32.0 Å². The smallest absolute Gasteiger partial charge is 0.0732 e. The third-order valence-corrected chi connectivity index (χ3v) is 2.44. The van der Waals surface area contributed by atoms with Crippen LogP contribution in [-0.4, -0.2) is 16.2 Å². The molecule has 2 aromatic heterocycles. The van der Waals surface area contributed by atoms with Crippen molar-refractivity contribution in [2.45, 2.75) is 13.8 Å². The van der Waals surface area contributed by atoms with E-state index in [4.69, 9.17) is 5.41 Å². The van der Waals surface area contributed by atoms with Crippen LogP contribution >= 0.6 is 0 Å². The SMILES string of the molecule is Cc1cc(-c2ncc(C=N)cc2C)ccn1. The van der Waals surface area contributed by atoms with Crippen LogP contribution in [0, 0.1) is 19.3 Å². The highest BCUT2D eigenvalue weighted by molar-refractivity contribution is 5.78. The highest BCUT2D eigenvalue weighted by Gasteiger charge is 2.04. The molecule has 0 bridgehead atoms. The number of nitrogens with one attached hydrogen (secondary N) is 1. The fourth-order valence-corrected chi connectivity index (χ4v) is 1.67. The fourth-order valence-electron chi connectivity index (χ4n) is 1.67. The quantitative estimate of drug-likeness (QED) is 0.776. The molecule has 3 heteroatoms. The first-order valence-electron chi connectivity index (χ1n) is 5.11. The molecule has 16 heavy (non-hydrogen) atoms. The van der Waals surface area contributed by atoms with E-state index in [9.17, 15) is 0 Å². The summed E-state index contributed by atoms with van der Waals surface area (Å²) in [4.78, 5) is 8.55. The molecule has 0 unspecified atom stereocenters. The van der Waals surface area contributed by atoms with Gasteiger partial charge < -0.3 is 5.41 Å². The first kappa shape index (κ1) is 10.5. The molecule has 2 aromatic rings. The van der Waals surface area contributed by atoms with Gasteiger partial charge in [0.1, 0.15) is 0 Å². The summed E-state index contributed by atoms with van der Waals surface area (Å²) in [7, 11) is 0. The lowest BCUT2D eigenvalue weighted by molar-refractivity contribution is 1.18. The fraction of sp³-hybridized carbons (Fsp3) is 0.154. The summed E-state index contributed by atoms with van der Waals surface area (Å²) in [6.45, 7) is 3.97. The number of aryl methyl sites for hydroxylation is 2. The molecular formula is C13H13N3. The third-order valence-electron chi connectivity index (χ3n) is 2.44. The summed E-state index contributed by atoms with van der Waals surface area (Å²) in [6, 6.07) is 5.93. The van der Waals surface area contributed by atoms with E-state index >= 15 is 0 Å². The molecule has 0 saturated heterocycles. The van der Waals surface area contributed by atoms with Crippen molar-refractivity contribution in [3.05, 3.63) is 47.4 Å². The number of aromatic nitrogens is 2. The molecule has 0 aliphatic heterocycles. The van der Waals surface area contributed by atoms with Crippen LogP contribution in [0.5, 0.6) is 0 Å². The Balaban J connectivity index is 2.52. The minimum absolute atomic E-state index is 0.826. The number of rotatable bonds is 2. The highest BCUT2D eigenvalue weighted by Crippen LogP contribution is 2.21. The Hall–Kier alpha value is -2.03. The minimum atomic E-state index is 0.826. The van der Waals surface area contributed by atoms with Gasteiger partial charge in [0.2, 0.25) is 0 Å². The number of nitrogens with zero attached hydrogens (tertiary/aromatic N) is 2. The summed E-state index contributed by atoms with van der Waals surface area (Å²) >= 11 is 0. The molecule has 0 saturated carbocycles. The zero-order valence-electron chi connectivity index (χ0n) is 9.36. The molecule has 0 aliphatic carbocycles. The lowest BCUT2D eigenvalue weighted by Gasteiger charge is -2.06. The van der Waals surface area contributed by atoms with Crippen LogP contribution in [0.2, 0.25) is 0 Å². The Morgan fingerprint density at radius 2 is 2.00 bits per heavy atom. The van der Waals surface area contributed by atoms with Gasteiger partial charge in [-0.3, -0.25) is 9.97 Å². The van der Waals surface area contributed by atoms with Gasteiger partial charge in [0.05, 0.1) is 5.69 Å². The van der Waals surface area contributed by atoms with Crippen LogP contribution in [-0.2, 0) is 0 Å². The third kappa shape index (κ3) is 1.98. The van der Waals surface area contributed by atoms with Crippen LogP contribution in [0.1, 0.15) is 16.8 Å². The maximum atomic E-state index is 7.17. The van der Waals surface area contributed by atoms with Crippen molar-refractivity contribution in [1.29, 1.82) is 5.41 Å². The van der Waals surface area contributed by atoms with E-state index in [-0.39, 0.29) is 0 Å². The lowest BCUT2D eigenvalue weighted by Crippen LogP contribution is -1.92. The Bertz CT molecular complexity index is 532. The van der Waals surface area contributed by atoms with E-state index in [1.165, 1.54) is 6.21 Å². The molecule has 0 amide bonds. The summed E-state index contributed by atoms with van der Waals surface area (Å²) < 4.78 is 0. The summed E-state index contributed by atoms with van der Waals surface area (Å²) in [5.74, 6) is 0. The first-order valence-corrected chi connectivity index (χ1v) is 5.11. The second-order valence-electron chi connectivity index (χ2n) is 3.76. The molecule has 0 aromatic carbocycles. The molecule has 1 N–H and O–H groups in total. The van der Waals surface area contributed by atoms with Crippen molar-refractivity contribution in [3.8, 4) is 11.3 Å². The number of pyridine rings is 2. The highest BCUT2D eigenvalue weighted by atomic mass is 14.7. The summed E-state index contributed by atoms with van der Waals surface area (Å²) in [5, 5.41) is 7.17. The summed E-state index contributed by atoms with van der Waals surface area (Å²) in [6.07, 6.45) is 4.81. The molecule has 2 heterocycles. The van der Waals surface area contributed by atoms with Gasteiger partial charge in [-0.05, 0) is 37.6 Å². The van der Waals surface area contributed by atoms with Gasteiger partial charge >= 0.3 is 0 Å². The topological polar surface area (TPSA) is 49.6 Å². The maximum Gasteiger partial charge on any atom is 0.0732 e. The van der Waals surface area contributed by atoms with E-state index in [2.05, 4.69) is 9.97 Å². The minimum Gasteiger partial charge on any atom is -0.308 e. The molecule has 3 nitrogen and oxygen atoms in total. The van der Waals surface area contributed by atoms with Crippen molar-refractivity contribution in [2.75, 3.05) is 0 Å². The Labute approximate surface area is 94.7 Å². The predicted molar refractivity (Wildman–Crippen MR) is 64.8 cm³/mol. The zero-order valence-corrected chi connectivity index (χ0v) is 9.36. The zero-order chi connectivity index (χ0) is 11.5. The Morgan fingerprint density at radius 3 is 2.62 bits per heavy atom. The van der Waals surface area contributed by atoms with Gasteiger partial charge in [-0.15, -0.1) is 0 Å². The number of hydrogen-bond donors (Lipinski definition) is 1. The van der Waals surface area contributed by atoms with Crippen molar-refractivity contribution in [2.24, 2.45) is 0 Å². The molecule has 2 rings (SSSR count). The average molecular weight is 211 g/mol. The molecule has 0 spiro atoms. The molecule has 0 fully saturated rings. The van der Waals surface area contributed by atoms with Gasteiger partial charge in [0.25, 0.3) is 0 Å². The predicted octanol–water partition coefficient (Wildman–Crippen LogP) is 2.76.